The van der Waals surface area contributed by atoms with Gasteiger partial charge in [-0.1, -0.05) is 91.9 Å². The Kier molecular flexibility index (Phi) is 41.1. The number of aliphatic carboxylic acids is 1. The lowest BCUT2D eigenvalue weighted by Crippen LogP contribution is -2.50. The number of halogens is 2. The van der Waals surface area contributed by atoms with Gasteiger partial charge in [0.1, 0.15) is 6.10 Å². The fourth-order valence-electron chi connectivity index (χ4n) is 6.32. The number of nitriles is 1. The van der Waals surface area contributed by atoms with Crippen LogP contribution in [0.25, 0.3) is 0 Å². The lowest BCUT2D eigenvalue weighted by molar-refractivity contribution is -0.139. The molecule has 4 aliphatic carbocycles. The number of nitrogens with zero attached hydrogens (tertiary/aromatic N) is 1. The fourth-order valence-corrected chi connectivity index (χ4v) is 6.32. The number of primary amides is 1. The third kappa shape index (κ3) is 29.5. The quantitative estimate of drug-likeness (QED) is 0.0271. The summed E-state index contributed by atoms with van der Waals surface area (Å²) in [5, 5.41) is 56.2. The second-order valence-electron chi connectivity index (χ2n) is 14.5. The van der Waals surface area contributed by atoms with Crippen molar-refractivity contribution in [3.05, 3.63) is 0 Å². The van der Waals surface area contributed by atoms with Crippen LogP contribution in [0.15, 0.2) is 0 Å². The van der Waals surface area contributed by atoms with E-state index >= 15 is 0 Å². The second-order valence-corrected chi connectivity index (χ2v) is 15.3. The van der Waals surface area contributed by atoms with Gasteiger partial charge in [0, 0.05) is 18.1 Å². The summed E-state index contributed by atoms with van der Waals surface area (Å²) in [5.74, 6) is 0.756. The smallest absolute Gasteiger partial charge is 0.319 e. The summed E-state index contributed by atoms with van der Waals surface area (Å²) in [6.07, 6.45) is 17.6. The Morgan fingerprint density at radius 1 is 0.678 bits per heavy atom. The van der Waals surface area contributed by atoms with E-state index in [9.17, 15) is 39.0 Å². The Hall–Kier alpha value is -2.33. The molecule has 4 radical (unpaired) electrons. The molecule has 4 saturated carbocycles. The summed E-state index contributed by atoms with van der Waals surface area (Å²) in [7, 11) is 4.94. The largest absolute Gasteiger partial charge is 0.480 e. The molecule has 10 N–H and O–H groups in total. The lowest BCUT2D eigenvalue weighted by atomic mass is 9.78. The molecule has 0 aromatic heterocycles. The van der Waals surface area contributed by atoms with Gasteiger partial charge in [0.05, 0.1) is 48.8 Å². The van der Waals surface area contributed by atoms with Crippen LogP contribution < -0.4 is 26.6 Å². The molecule has 6 unspecified atom stereocenters. The third-order valence-corrected chi connectivity index (χ3v) is 10.5. The van der Waals surface area contributed by atoms with Gasteiger partial charge in [0.15, 0.2) is 6.10 Å². The number of carboxylic acids is 1. The average Bonchev–Trinajstić information content (AvgIpc) is 3.12. The number of carbonyl (C=O) groups is 6. The Bertz CT molecular complexity index is 1160. The average molecular weight is 871 g/mol. The van der Waals surface area contributed by atoms with Gasteiger partial charge < -0.3 is 66.2 Å². The first kappa shape index (κ1) is 61.0. The normalized spacial score (nSPS) is 18.4. The van der Waals surface area contributed by atoms with E-state index in [0.29, 0.717) is 55.3 Å². The van der Waals surface area contributed by atoms with Gasteiger partial charge in [0.25, 0.3) is 29.7 Å². The number of carboxylic acid groups (broad SMARTS) is 1. The monoisotopic (exact) mass is 870 g/mol. The van der Waals surface area contributed by atoms with E-state index in [-0.39, 0.29) is 38.9 Å². The molecule has 0 aromatic carbocycles. The maximum absolute atomic E-state index is 10.8. The Morgan fingerprint density at radius 3 is 1.37 bits per heavy atom. The first-order valence-corrected chi connectivity index (χ1v) is 20.6. The molecule has 22 heteroatoms. The Morgan fingerprint density at radius 2 is 1.03 bits per heavy atom. The second kappa shape index (κ2) is 39.8. The highest BCUT2D eigenvalue weighted by Crippen LogP contribution is 2.32. The standard InChI is InChI=1S/C9H16BN2O3.C9H14BN2O2.C8H13BNO3.C8H15BNO2.CH2Cl2.2CH4/c11-9(15)8(14)7(12-10-5-13)4-6-2-1-3-6;11-5-9(14)8(12-10-6-13)4-7-2-1-3-7;11-5-9-10-7(8(12)13)4-6-2-1-3-6;11-5-8(10-9-6-12)4-7-2-1-3-7;2-1-3;;/h5-8,12,14H,1-4H2,(H2,11,15);6-9,12,14H,1-4H2;5-7,10H,1-4H2,(H,12,13);6-8,10-11H,1-5H2;1H2;2*1H4. The number of nitrogens with one attached hydrogen (secondary N) is 4. The van der Waals surface area contributed by atoms with Crippen molar-refractivity contribution in [2.24, 2.45) is 29.4 Å². The van der Waals surface area contributed by atoms with Crippen LogP contribution in [0.3, 0.4) is 0 Å². The molecule has 0 spiro atoms. The van der Waals surface area contributed by atoms with E-state index < -0.39 is 36.2 Å². The minimum absolute atomic E-state index is 0. The van der Waals surface area contributed by atoms with Crippen molar-refractivity contribution in [1.82, 2.24) is 20.9 Å². The molecule has 4 aliphatic rings. The lowest BCUT2D eigenvalue weighted by Gasteiger charge is -2.31. The maximum atomic E-state index is 10.8. The molecule has 0 bridgehead atoms. The number of nitrogens with two attached hydrogens (primary N) is 1. The molecule has 0 heterocycles. The van der Waals surface area contributed by atoms with E-state index in [4.69, 9.17) is 44.4 Å². The maximum Gasteiger partial charge on any atom is 0.319 e. The van der Waals surface area contributed by atoms with Crippen molar-refractivity contribution >= 4 is 89.5 Å². The molecule has 4 rings (SSSR count). The van der Waals surface area contributed by atoms with Crippen LogP contribution in [0, 0.1) is 35.0 Å². The molecular formula is C37H68B4Cl2N6O10. The van der Waals surface area contributed by atoms with Gasteiger partial charge in [-0.25, -0.2) is 0 Å². The van der Waals surface area contributed by atoms with Crippen LogP contribution in [0.5, 0.6) is 0 Å². The molecule has 0 aliphatic heterocycles. The number of hydrogen-bond acceptors (Lipinski definition) is 14. The number of aliphatic hydroxyl groups excluding tert-OH is 3. The summed E-state index contributed by atoms with van der Waals surface area (Å²) >= 11 is 9.53. The van der Waals surface area contributed by atoms with Crippen molar-refractivity contribution in [1.29, 1.82) is 5.26 Å². The number of alkyl halides is 2. The molecule has 16 nitrogen and oxygen atoms in total. The highest BCUT2D eigenvalue weighted by atomic mass is 35.5. The van der Waals surface area contributed by atoms with Crippen molar-refractivity contribution in [2.45, 2.75) is 154 Å². The van der Waals surface area contributed by atoms with Gasteiger partial charge >= 0.3 is 5.97 Å². The molecule has 1 amide bonds. The molecule has 332 valence electrons. The van der Waals surface area contributed by atoms with E-state index in [0.717, 1.165) is 64.7 Å². The SMILES string of the molecule is C.C.ClCCl.N#CC(O)C(CC1CCC1)N[B]C=O.NC(=O)C(O)C(CC1CCC1)N[B]C=O.O=C[B]NC(CC1CCC1)C(=O)O.O=C[B]NC(CO)CC1CCC1. The van der Waals surface area contributed by atoms with E-state index in [1.165, 1.54) is 60.8 Å². The molecule has 6 atom stereocenters. The minimum atomic E-state index is -1.23. The number of rotatable bonds is 25. The van der Waals surface area contributed by atoms with E-state index in [1.807, 2.05) is 0 Å². The zero-order valence-electron chi connectivity index (χ0n) is 32.6. The topological polar surface area (TPSA) is 281 Å². The molecule has 4 fully saturated rings. The third-order valence-electron chi connectivity index (χ3n) is 10.5. The van der Waals surface area contributed by atoms with Gasteiger partial charge in [-0.05, 0) is 49.4 Å². The predicted molar refractivity (Wildman–Crippen MR) is 237 cm³/mol. The fraction of sp³-hybridized carbons (Fsp3) is 0.811. The summed E-state index contributed by atoms with van der Waals surface area (Å²) in [5.41, 5.74) is 5.01. The number of hydrogen-bond donors (Lipinski definition) is 9. The van der Waals surface area contributed by atoms with Crippen LogP contribution in [-0.4, -0.2) is 135 Å². The highest BCUT2D eigenvalue weighted by Gasteiger charge is 2.30. The molecule has 0 saturated heterocycles. The zero-order valence-corrected chi connectivity index (χ0v) is 34.2. The van der Waals surface area contributed by atoms with Crippen molar-refractivity contribution in [3.63, 3.8) is 0 Å². The van der Waals surface area contributed by atoms with Crippen LogP contribution in [0.1, 0.15) is 118 Å². The van der Waals surface area contributed by atoms with Crippen LogP contribution in [-0.2, 0) is 28.8 Å². The summed E-state index contributed by atoms with van der Waals surface area (Å²) in [6.45, 7) is 0.112. The number of aliphatic hydroxyl groups is 3. The van der Waals surface area contributed by atoms with E-state index in [2.05, 4.69) is 20.9 Å². The number of amides is 1. The Balaban J connectivity index is -0.000000686. The first-order valence-electron chi connectivity index (χ1n) is 19.6. The van der Waals surface area contributed by atoms with Crippen LogP contribution in [0.4, 0.5) is 0 Å². The van der Waals surface area contributed by atoms with Crippen LogP contribution >= 0.6 is 23.2 Å². The summed E-state index contributed by atoms with van der Waals surface area (Å²) < 4.78 is 0. The zero-order chi connectivity index (χ0) is 42.8. The van der Waals surface area contributed by atoms with Crippen molar-refractivity contribution < 1.29 is 49.2 Å². The predicted octanol–water partition coefficient (Wildman–Crippen LogP) is 1.28. The van der Waals surface area contributed by atoms with Crippen molar-refractivity contribution in [2.75, 3.05) is 11.9 Å². The molecule has 59 heavy (non-hydrogen) atoms. The first-order chi connectivity index (χ1) is 27.4. The van der Waals surface area contributed by atoms with Crippen molar-refractivity contribution in [3.8, 4) is 6.07 Å². The number of carbonyl (C=O) groups excluding carboxylic acids is 5. The Labute approximate surface area is 365 Å². The van der Waals surface area contributed by atoms with Gasteiger partial charge in [-0.15, -0.1) is 23.2 Å². The molecule has 0 aromatic rings. The molecular weight excluding hydrogens is 803 g/mol. The minimum Gasteiger partial charge on any atom is -0.480 e. The summed E-state index contributed by atoms with van der Waals surface area (Å²) in [4.78, 5) is 61.8. The van der Waals surface area contributed by atoms with Gasteiger partial charge in [0.2, 0.25) is 5.91 Å². The van der Waals surface area contributed by atoms with Gasteiger partial charge in [-0.3, -0.25) is 9.59 Å². The van der Waals surface area contributed by atoms with E-state index in [1.54, 1.807) is 6.07 Å². The highest BCUT2D eigenvalue weighted by molar-refractivity contribution is 6.65. The van der Waals surface area contributed by atoms with Gasteiger partial charge in [-0.2, -0.15) is 5.26 Å². The summed E-state index contributed by atoms with van der Waals surface area (Å²) in [6, 6.07) is 0.497. The van der Waals surface area contributed by atoms with Crippen LogP contribution in [0.2, 0.25) is 0 Å².